The summed E-state index contributed by atoms with van der Waals surface area (Å²) in [6.45, 7) is 0. The molecular formula is C21H16N4O6S2. The number of benzene rings is 3. The Labute approximate surface area is 192 Å². The Balaban J connectivity index is 1.53. The van der Waals surface area contributed by atoms with E-state index < -0.39 is 25.6 Å². The third-order valence-electron chi connectivity index (χ3n) is 4.39. The Morgan fingerprint density at radius 1 is 1.09 bits per heavy atom. The number of nitro groups is 1. The first kappa shape index (κ1) is 22.2. The maximum absolute atomic E-state index is 12.7. The van der Waals surface area contributed by atoms with E-state index in [-0.39, 0.29) is 11.5 Å². The van der Waals surface area contributed by atoms with E-state index in [1.165, 1.54) is 48.9 Å². The van der Waals surface area contributed by atoms with E-state index in [0.29, 0.717) is 10.7 Å². The van der Waals surface area contributed by atoms with Gasteiger partial charge in [0.05, 0.1) is 28.5 Å². The lowest BCUT2D eigenvalue weighted by molar-refractivity contribution is -0.387. The summed E-state index contributed by atoms with van der Waals surface area (Å²) in [6, 6.07) is 17.1. The number of hydrazone groups is 1. The minimum Gasteiger partial charge on any atom is -0.493 e. The Morgan fingerprint density at radius 3 is 2.61 bits per heavy atom. The molecule has 0 unspecified atom stereocenters. The predicted molar refractivity (Wildman–Crippen MR) is 125 cm³/mol. The third-order valence-corrected chi connectivity index (χ3v) is 6.61. The zero-order valence-corrected chi connectivity index (χ0v) is 18.7. The Bertz CT molecular complexity index is 1430. The standard InChI is InChI=1S/C21H16N4O6S2/c1-30-18-12-14(13-22-24-21-23-15-6-2-4-8-19(15)32-21)10-11-17(18)31-33(28,29)20-9-5-3-7-16(20)25(26)27/h2-13H,1H3,(H,23,24). The van der Waals surface area contributed by atoms with E-state index in [1.807, 2.05) is 24.3 Å². The van der Waals surface area contributed by atoms with E-state index in [0.717, 1.165) is 22.3 Å². The van der Waals surface area contributed by atoms with Crippen LogP contribution < -0.4 is 14.3 Å². The number of hydrogen-bond acceptors (Lipinski definition) is 10. The van der Waals surface area contributed by atoms with Gasteiger partial charge in [-0.2, -0.15) is 13.5 Å². The van der Waals surface area contributed by atoms with Crippen molar-refractivity contribution < 1.29 is 22.3 Å². The predicted octanol–water partition coefficient (Wildman–Crippen LogP) is 4.43. The fourth-order valence-electron chi connectivity index (χ4n) is 2.90. The average molecular weight is 485 g/mol. The molecule has 1 N–H and O–H groups in total. The molecule has 0 saturated carbocycles. The second-order valence-corrected chi connectivity index (χ2v) is 9.07. The van der Waals surface area contributed by atoms with Gasteiger partial charge in [-0.1, -0.05) is 35.6 Å². The molecule has 0 bridgehead atoms. The van der Waals surface area contributed by atoms with Gasteiger partial charge in [0.15, 0.2) is 16.4 Å². The first-order chi connectivity index (χ1) is 15.9. The summed E-state index contributed by atoms with van der Waals surface area (Å²) in [4.78, 5) is 14.3. The summed E-state index contributed by atoms with van der Waals surface area (Å²) in [5.41, 5.74) is 3.73. The number of anilines is 1. The second kappa shape index (κ2) is 9.22. The van der Waals surface area contributed by atoms with E-state index in [4.69, 9.17) is 8.92 Å². The molecular weight excluding hydrogens is 468 g/mol. The lowest BCUT2D eigenvalue weighted by Gasteiger charge is -2.11. The molecule has 4 rings (SSSR count). The molecule has 0 saturated heterocycles. The number of fused-ring (bicyclic) bond motifs is 1. The highest BCUT2D eigenvalue weighted by Crippen LogP contribution is 2.33. The highest BCUT2D eigenvalue weighted by molar-refractivity contribution is 7.87. The minimum absolute atomic E-state index is 0.112. The van der Waals surface area contributed by atoms with Gasteiger partial charge < -0.3 is 8.92 Å². The Kier molecular flexibility index (Phi) is 6.20. The molecule has 1 heterocycles. The van der Waals surface area contributed by atoms with E-state index in [9.17, 15) is 18.5 Å². The molecule has 0 fully saturated rings. The Morgan fingerprint density at radius 2 is 1.85 bits per heavy atom. The first-order valence-corrected chi connectivity index (χ1v) is 11.6. The van der Waals surface area contributed by atoms with Gasteiger partial charge in [-0.25, -0.2) is 4.98 Å². The van der Waals surface area contributed by atoms with Crippen LogP contribution in [-0.2, 0) is 10.1 Å². The van der Waals surface area contributed by atoms with E-state index >= 15 is 0 Å². The largest absolute Gasteiger partial charge is 0.493 e. The van der Waals surface area contributed by atoms with Gasteiger partial charge in [0.25, 0.3) is 5.69 Å². The molecule has 12 heteroatoms. The van der Waals surface area contributed by atoms with Crippen LogP contribution in [0.15, 0.2) is 76.7 Å². The highest BCUT2D eigenvalue weighted by Gasteiger charge is 2.28. The summed E-state index contributed by atoms with van der Waals surface area (Å²) in [7, 11) is -3.13. The molecule has 0 spiro atoms. The van der Waals surface area contributed by atoms with Crippen LogP contribution in [0.2, 0.25) is 0 Å². The summed E-state index contributed by atoms with van der Waals surface area (Å²) >= 11 is 1.45. The van der Waals surface area contributed by atoms with Crippen molar-refractivity contribution in [3.8, 4) is 11.5 Å². The maximum atomic E-state index is 12.7. The smallest absolute Gasteiger partial charge is 0.346 e. The number of para-hydroxylation sites is 2. The zero-order valence-electron chi connectivity index (χ0n) is 17.0. The van der Waals surface area contributed by atoms with Gasteiger partial charge in [0.2, 0.25) is 5.13 Å². The normalized spacial score (nSPS) is 11.5. The second-order valence-electron chi connectivity index (χ2n) is 6.53. The van der Waals surface area contributed by atoms with Crippen LogP contribution in [0.4, 0.5) is 10.8 Å². The topological polar surface area (TPSA) is 133 Å². The minimum atomic E-state index is -4.47. The van der Waals surface area contributed by atoms with Crippen LogP contribution in [0.25, 0.3) is 10.2 Å². The summed E-state index contributed by atoms with van der Waals surface area (Å²) < 4.78 is 36.7. The van der Waals surface area contributed by atoms with Crippen molar-refractivity contribution >= 4 is 48.7 Å². The molecule has 168 valence electrons. The number of aromatic nitrogens is 1. The van der Waals surface area contributed by atoms with Crippen molar-refractivity contribution in [1.29, 1.82) is 0 Å². The molecule has 0 aliphatic heterocycles. The fourth-order valence-corrected chi connectivity index (χ4v) is 4.82. The summed E-state index contributed by atoms with van der Waals surface area (Å²) in [6.07, 6.45) is 1.51. The monoisotopic (exact) mass is 484 g/mol. The van der Waals surface area contributed by atoms with Crippen LogP contribution >= 0.6 is 11.3 Å². The molecule has 0 amide bonds. The quantitative estimate of drug-likeness (QED) is 0.168. The Hall–Kier alpha value is -4.03. The SMILES string of the molecule is COc1cc(C=NNc2nc3ccccc3s2)ccc1OS(=O)(=O)c1ccccc1[N+](=O)[O-]. The van der Waals surface area contributed by atoms with Crippen LogP contribution in [0, 0.1) is 10.1 Å². The van der Waals surface area contributed by atoms with Gasteiger partial charge in [-0.05, 0) is 42.0 Å². The molecule has 0 radical (unpaired) electrons. The number of methoxy groups -OCH3 is 1. The van der Waals surface area contributed by atoms with Crippen molar-refractivity contribution in [2.45, 2.75) is 4.90 Å². The maximum Gasteiger partial charge on any atom is 0.346 e. The molecule has 1 aromatic heterocycles. The van der Waals surface area contributed by atoms with Crippen LogP contribution in [0.5, 0.6) is 11.5 Å². The molecule has 0 aliphatic rings. The number of ether oxygens (including phenoxy) is 1. The van der Waals surface area contributed by atoms with Crippen molar-refractivity contribution in [2.24, 2.45) is 5.10 Å². The van der Waals surface area contributed by atoms with Gasteiger partial charge in [0, 0.05) is 6.07 Å². The molecule has 0 atom stereocenters. The number of rotatable bonds is 8. The van der Waals surface area contributed by atoms with Crippen molar-refractivity contribution in [2.75, 3.05) is 12.5 Å². The fraction of sp³-hybridized carbons (Fsp3) is 0.0476. The number of nitrogens with one attached hydrogen (secondary N) is 1. The number of thiazole rings is 1. The van der Waals surface area contributed by atoms with Crippen molar-refractivity contribution in [3.63, 3.8) is 0 Å². The number of nitro benzene ring substituents is 1. The molecule has 33 heavy (non-hydrogen) atoms. The first-order valence-electron chi connectivity index (χ1n) is 9.38. The van der Waals surface area contributed by atoms with E-state index in [2.05, 4.69) is 15.5 Å². The van der Waals surface area contributed by atoms with Crippen molar-refractivity contribution in [1.82, 2.24) is 4.98 Å². The van der Waals surface area contributed by atoms with Crippen LogP contribution in [0.3, 0.4) is 0 Å². The highest BCUT2D eigenvalue weighted by atomic mass is 32.2. The zero-order chi connectivity index (χ0) is 23.4. The van der Waals surface area contributed by atoms with Gasteiger partial charge in [-0.15, -0.1) is 0 Å². The molecule has 4 aromatic rings. The molecule has 0 aliphatic carbocycles. The molecule has 10 nitrogen and oxygen atoms in total. The van der Waals surface area contributed by atoms with E-state index in [1.54, 1.807) is 6.07 Å². The van der Waals surface area contributed by atoms with Gasteiger partial charge >= 0.3 is 10.1 Å². The van der Waals surface area contributed by atoms with Crippen LogP contribution in [0.1, 0.15) is 5.56 Å². The lowest BCUT2D eigenvalue weighted by atomic mass is 10.2. The van der Waals surface area contributed by atoms with Crippen LogP contribution in [-0.4, -0.2) is 31.6 Å². The van der Waals surface area contributed by atoms with Crippen molar-refractivity contribution in [3.05, 3.63) is 82.4 Å². The summed E-state index contributed by atoms with van der Waals surface area (Å²) in [5, 5.41) is 15.9. The average Bonchev–Trinajstić information content (AvgIpc) is 3.22. The number of hydrogen-bond donors (Lipinski definition) is 1. The summed E-state index contributed by atoms with van der Waals surface area (Å²) in [5.74, 6) is -0.00645. The lowest BCUT2D eigenvalue weighted by Crippen LogP contribution is -2.12. The number of nitrogens with zero attached hydrogens (tertiary/aromatic N) is 3. The van der Waals surface area contributed by atoms with Gasteiger partial charge in [0.1, 0.15) is 0 Å². The molecule has 3 aromatic carbocycles. The third kappa shape index (κ3) is 4.91. The van der Waals surface area contributed by atoms with Gasteiger partial charge in [-0.3, -0.25) is 15.5 Å².